The summed E-state index contributed by atoms with van der Waals surface area (Å²) in [6.45, 7) is 2.23. The van der Waals surface area contributed by atoms with Gasteiger partial charge in [-0.3, -0.25) is 0 Å². The van der Waals surface area contributed by atoms with Gasteiger partial charge < -0.3 is 20.5 Å². The molecule has 92 valence electrons. The van der Waals surface area contributed by atoms with Gasteiger partial charge in [0.25, 0.3) is 0 Å². The summed E-state index contributed by atoms with van der Waals surface area (Å²) in [7, 11) is 0. The van der Waals surface area contributed by atoms with Crippen LogP contribution >= 0.6 is 0 Å². The number of pyridine rings is 1. The van der Waals surface area contributed by atoms with Crippen molar-refractivity contribution in [2.24, 2.45) is 5.92 Å². The zero-order valence-electron chi connectivity index (χ0n) is 9.59. The molecule has 0 bridgehead atoms. The first-order valence-electron chi connectivity index (χ1n) is 5.56. The van der Waals surface area contributed by atoms with Crippen LogP contribution in [0.4, 0.5) is 11.5 Å². The number of hydrogen-bond acceptors (Lipinski definition) is 5. The highest BCUT2D eigenvalue weighted by Gasteiger charge is 2.39. The summed E-state index contributed by atoms with van der Waals surface area (Å²) in [6.07, 6.45) is 3.53. The lowest BCUT2D eigenvalue weighted by Crippen LogP contribution is -2.35. The van der Waals surface area contributed by atoms with Crippen molar-refractivity contribution in [3.05, 3.63) is 28.4 Å². The van der Waals surface area contributed by atoms with Gasteiger partial charge in [0.05, 0.1) is 11.3 Å². The van der Waals surface area contributed by atoms with E-state index in [0.29, 0.717) is 18.2 Å². The SMILES string of the molecule is C[C@@](O)(CNc1ccc([N+](=O)[O-])nc1)C1CC1. The lowest BCUT2D eigenvalue weighted by Gasteiger charge is -2.23. The molecule has 0 saturated heterocycles. The van der Waals surface area contributed by atoms with Crippen LogP contribution in [0.15, 0.2) is 18.3 Å². The lowest BCUT2D eigenvalue weighted by molar-refractivity contribution is -0.389. The van der Waals surface area contributed by atoms with Gasteiger partial charge in [0.2, 0.25) is 0 Å². The van der Waals surface area contributed by atoms with E-state index in [1.54, 1.807) is 13.0 Å². The Morgan fingerprint density at radius 3 is 2.82 bits per heavy atom. The predicted molar refractivity (Wildman–Crippen MR) is 62.7 cm³/mol. The Kier molecular flexibility index (Phi) is 2.97. The van der Waals surface area contributed by atoms with Crippen LogP contribution in [0.3, 0.4) is 0 Å². The Balaban J connectivity index is 1.92. The van der Waals surface area contributed by atoms with Crippen molar-refractivity contribution in [2.75, 3.05) is 11.9 Å². The Morgan fingerprint density at radius 1 is 1.65 bits per heavy atom. The first-order valence-corrected chi connectivity index (χ1v) is 5.56. The molecule has 1 aliphatic rings. The van der Waals surface area contributed by atoms with Crippen molar-refractivity contribution in [3.63, 3.8) is 0 Å². The molecule has 1 aliphatic carbocycles. The molecule has 0 radical (unpaired) electrons. The van der Waals surface area contributed by atoms with Crippen LogP contribution in [0, 0.1) is 16.0 Å². The van der Waals surface area contributed by atoms with Crippen molar-refractivity contribution in [3.8, 4) is 0 Å². The molecule has 6 nitrogen and oxygen atoms in total. The number of nitrogens with zero attached hydrogens (tertiary/aromatic N) is 2. The van der Waals surface area contributed by atoms with Crippen LogP contribution in [-0.4, -0.2) is 27.2 Å². The largest absolute Gasteiger partial charge is 0.388 e. The van der Waals surface area contributed by atoms with Crippen molar-refractivity contribution in [1.82, 2.24) is 4.98 Å². The van der Waals surface area contributed by atoms with E-state index in [9.17, 15) is 15.2 Å². The summed E-state index contributed by atoms with van der Waals surface area (Å²) in [6, 6.07) is 2.93. The Labute approximate surface area is 98.8 Å². The fourth-order valence-electron chi connectivity index (χ4n) is 1.73. The number of hydrogen-bond donors (Lipinski definition) is 2. The third-order valence-corrected chi connectivity index (χ3v) is 3.04. The highest BCUT2D eigenvalue weighted by Crippen LogP contribution is 2.39. The summed E-state index contributed by atoms with van der Waals surface area (Å²) in [4.78, 5) is 13.6. The molecule has 17 heavy (non-hydrogen) atoms. The van der Waals surface area contributed by atoms with Crippen LogP contribution in [0.5, 0.6) is 0 Å². The third kappa shape index (κ3) is 2.91. The standard InChI is InChI=1S/C11H15N3O3/c1-11(15,8-2-3-8)7-13-9-4-5-10(12-6-9)14(16)17/h4-6,8,13,15H,2-3,7H2,1H3/t11-/m1/s1. The summed E-state index contributed by atoms with van der Waals surface area (Å²) >= 11 is 0. The van der Waals surface area contributed by atoms with E-state index in [0.717, 1.165) is 12.8 Å². The number of anilines is 1. The van der Waals surface area contributed by atoms with E-state index in [1.165, 1.54) is 12.3 Å². The number of nitrogens with one attached hydrogen (secondary N) is 1. The lowest BCUT2D eigenvalue weighted by atomic mass is 10.0. The molecule has 0 unspecified atom stereocenters. The topological polar surface area (TPSA) is 88.3 Å². The molecule has 0 aliphatic heterocycles. The van der Waals surface area contributed by atoms with E-state index in [-0.39, 0.29) is 5.82 Å². The molecule has 2 rings (SSSR count). The Bertz CT molecular complexity index is 412. The van der Waals surface area contributed by atoms with Crippen LogP contribution in [0.25, 0.3) is 0 Å². The first kappa shape index (κ1) is 11.8. The molecular formula is C11H15N3O3. The van der Waals surface area contributed by atoms with Gasteiger partial charge in [-0.2, -0.15) is 0 Å². The van der Waals surface area contributed by atoms with Gasteiger partial charge in [-0.15, -0.1) is 0 Å². The number of rotatable bonds is 5. The molecule has 1 atom stereocenters. The average molecular weight is 237 g/mol. The average Bonchev–Trinajstić information content (AvgIpc) is 3.11. The van der Waals surface area contributed by atoms with Gasteiger partial charge >= 0.3 is 5.82 Å². The smallest absolute Gasteiger partial charge is 0.363 e. The van der Waals surface area contributed by atoms with Crippen molar-refractivity contribution in [2.45, 2.75) is 25.4 Å². The molecule has 1 fully saturated rings. The van der Waals surface area contributed by atoms with E-state index in [1.807, 2.05) is 0 Å². The molecule has 1 aromatic heterocycles. The summed E-state index contributed by atoms with van der Waals surface area (Å²) in [5, 5.41) is 23.5. The van der Waals surface area contributed by atoms with E-state index < -0.39 is 10.5 Å². The third-order valence-electron chi connectivity index (χ3n) is 3.04. The zero-order chi connectivity index (χ0) is 12.5. The maximum Gasteiger partial charge on any atom is 0.363 e. The number of aliphatic hydroxyl groups is 1. The molecule has 0 amide bonds. The van der Waals surface area contributed by atoms with E-state index >= 15 is 0 Å². The van der Waals surface area contributed by atoms with Crippen LogP contribution in [-0.2, 0) is 0 Å². The van der Waals surface area contributed by atoms with Gasteiger partial charge in [0.15, 0.2) is 6.20 Å². The Hall–Kier alpha value is -1.69. The van der Waals surface area contributed by atoms with Crippen LogP contribution in [0.2, 0.25) is 0 Å². The molecule has 1 saturated carbocycles. The van der Waals surface area contributed by atoms with Crippen LogP contribution < -0.4 is 5.32 Å². The highest BCUT2D eigenvalue weighted by molar-refractivity contribution is 5.43. The van der Waals surface area contributed by atoms with Gasteiger partial charge in [-0.25, -0.2) is 0 Å². The molecule has 1 aromatic rings. The van der Waals surface area contributed by atoms with Gasteiger partial charge in [-0.1, -0.05) is 0 Å². The molecule has 0 aromatic carbocycles. The van der Waals surface area contributed by atoms with E-state index in [4.69, 9.17) is 0 Å². The predicted octanol–water partition coefficient (Wildman–Crippen LogP) is 1.56. The summed E-state index contributed by atoms with van der Waals surface area (Å²) in [5.41, 5.74) is -0.0431. The van der Waals surface area contributed by atoms with E-state index in [2.05, 4.69) is 10.3 Å². The quantitative estimate of drug-likeness (QED) is 0.599. The minimum atomic E-state index is -0.720. The zero-order valence-corrected chi connectivity index (χ0v) is 9.59. The molecular weight excluding hydrogens is 222 g/mol. The molecule has 6 heteroatoms. The molecule has 2 N–H and O–H groups in total. The fraction of sp³-hybridized carbons (Fsp3) is 0.545. The second-order valence-corrected chi connectivity index (χ2v) is 4.65. The fourth-order valence-corrected chi connectivity index (χ4v) is 1.73. The van der Waals surface area contributed by atoms with Gasteiger partial charge in [0.1, 0.15) is 0 Å². The second-order valence-electron chi connectivity index (χ2n) is 4.65. The first-order chi connectivity index (χ1) is 7.99. The maximum atomic E-state index is 10.4. The van der Waals surface area contributed by atoms with Gasteiger partial charge in [-0.05, 0) is 41.7 Å². The van der Waals surface area contributed by atoms with Crippen LogP contribution in [0.1, 0.15) is 19.8 Å². The van der Waals surface area contributed by atoms with Crippen molar-refractivity contribution >= 4 is 11.5 Å². The monoisotopic (exact) mass is 237 g/mol. The number of aromatic nitrogens is 1. The highest BCUT2D eigenvalue weighted by atomic mass is 16.6. The normalized spacial score (nSPS) is 18.5. The van der Waals surface area contributed by atoms with Crippen molar-refractivity contribution < 1.29 is 10.0 Å². The maximum absolute atomic E-state index is 10.4. The minimum Gasteiger partial charge on any atom is -0.388 e. The minimum absolute atomic E-state index is 0.176. The number of nitro groups is 1. The second kappa shape index (κ2) is 4.29. The Morgan fingerprint density at radius 2 is 2.35 bits per heavy atom. The summed E-state index contributed by atoms with van der Waals surface area (Å²) in [5.74, 6) is 0.186. The van der Waals surface area contributed by atoms with Crippen molar-refractivity contribution in [1.29, 1.82) is 0 Å². The summed E-state index contributed by atoms with van der Waals surface area (Å²) < 4.78 is 0. The van der Waals surface area contributed by atoms with Gasteiger partial charge in [0, 0.05) is 12.6 Å². The molecule has 1 heterocycles. The molecule has 0 spiro atoms.